The summed E-state index contributed by atoms with van der Waals surface area (Å²) in [6.07, 6.45) is 4.31. The average molecular weight is 297 g/mol. The van der Waals surface area contributed by atoms with Crippen molar-refractivity contribution in [3.05, 3.63) is 5.82 Å². The van der Waals surface area contributed by atoms with Crippen molar-refractivity contribution in [3.63, 3.8) is 0 Å². The number of hydrogen-bond donors (Lipinski definition) is 1. The molecule has 1 aromatic rings. The molecule has 1 aromatic heterocycles. The summed E-state index contributed by atoms with van der Waals surface area (Å²) in [4.78, 5) is 23.5. The third-order valence-electron chi connectivity index (χ3n) is 2.93. The van der Waals surface area contributed by atoms with Crippen LogP contribution in [0.2, 0.25) is 0 Å². The van der Waals surface area contributed by atoms with E-state index in [4.69, 9.17) is 4.74 Å². The minimum Gasteiger partial charge on any atom is -0.460 e. The molecule has 0 radical (unpaired) electrons. The number of amides is 1. The van der Waals surface area contributed by atoms with Crippen molar-refractivity contribution < 1.29 is 14.3 Å². The van der Waals surface area contributed by atoms with Crippen LogP contribution in [0.3, 0.4) is 0 Å². The molecule has 0 aliphatic rings. The van der Waals surface area contributed by atoms with Crippen LogP contribution in [0.4, 0.5) is 0 Å². The van der Waals surface area contributed by atoms with Gasteiger partial charge in [-0.25, -0.2) is 9.48 Å². The predicted molar refractivity (Wildman–Crippen MR) is 75.5 cm³/mol. The Bertz CT molecular complexity index is 460. The SMILES string of the molecule is CCCCCC(C)NC(=O)Cn1nnnc1C(=O)OCC. The number of aromatic nitrogens is 4. The van der Waals surface area contributed by atoms with Crippen molar-refractivity contribution in [1.82, 2.24) is 25.5 Å². The van der Waals surface area contributed by atoms with Gasteiger partial charge in [-0.15, -0.1) is 5.10 Å². The Morgan fingerprint density at radius 1 is 1.33 bits per heavy atom. The molecule has 1 rings (SSSR count). The van der Waals surface area contributed by atoms with Gasteiger partial charge in [-0.05, 0) is 30.7 Å². The van der Waals surface area contributed by atoms with E-state index < -0.39 is 5.97 Å². The summed E-state index contributed by atoms with van der Waals surface area (Å²) in [5.74, 6) is -0.922. The molecule has 0 fully saturated rings. The molecule has 0 saturated heterocycles. The molecular formula is C13H23N5O3. The van der Waals surface area contributed by atoms with E-state index >= 15 is 0 Å². The molecule has 8 heteroatoms. The largest absolute Gasteiger partial charge is 0.460 e. The van der Waals surface area contributed by atoms with Gasteiger partial charge < -0.3 is 10.1 Å². The summed E-state index contributed by atoms with van der Waals surface area (Å²) in [6.45, 7) is 5.92. The quantitative estimate of drug-likeness (QED) is 0.538. The molecule has 1 amide bonds. The Morgan fingerprint density at radius 3 is 2.76 bits per heavy atom. The predicted octanol–water partition coefficient (Wildman–Crippen LogP) is 0.935. The van der Waals surface area contributed by atoms with Crippen LogP contribution in [0.5, 0.6) is 0 Å². The summed E-state index contributed by atoms with van der Waals surface area (Å²) < 4.78 is 5.97. The van der Waals surface area contributed by atoms with Gasteiger partial charge in [-0.1, -0.05) is 26.2 Å². The summed E-state index contributed by atoms with van der Waals surface area (Å²) in [5, 5.41) is 13.5. The van der Waals surface area contributed by atoms with E-state index in [0.717, 1.165) is 30.4 Å². The summed E-state index contributed by atoms with van der Waals surface area (Å²) >= 11 is 0. The number of unbranched alkanes of at least 4 members (excludes halogenated alkanes) is 2. The first-order valence-corrected chi connectivity index (χ1v) is 7.31. The first-order valence-electron chi connectivity index (χ1n) is 7.31. The zero-order chi connectivity index (χ0) is 15.7. The van der Waals surface area contributed by atoms with E-state index in [2.05, 4.69) is 27.8 Å². The van der Waals surface area contributed by atoms with E-state index in [0.29, 0.717) is 0 Å². The number of rotatable bonds is 9. The summed E-state index contributed by atoms with van der Waals surface area (Å²) in [5.41, 5.74) is 0. The number of hydrogen-bond acceptors (Lipinski definition) is 6. The Hall–Kier alpha value is -1.99. The Labute approximate surface area is 124 Å². The summed E-state index contributed by atoms with van der Waals surface area (Å²) in [7, 11) is 0. The minimum atomic E-state index is -0.633. The van der Waals surface area contributed by atoms with Crippen LogP contribution < -0.4 is 5.32 Å². The highest BCUT2D eigenvalue weighted by molar-refractivity contribution is 5.86. The van der Waals surface area contributed by atoms with Crippen LogP contribution in [0.25, 0.3) is 0 Å². The number of carbonyl (C=O) groups excluding carboxylic acids is 2. The van der Waals surface area contributed by atoms with Gasteiger partial charge in [-0.3, -0.25) is 4.79 Å². The minimum absolute atomic E-state index is 0.0642. The molecular weight excluding hydrogens is 274 g/mol. The molecule has 1 heterocycles. The second kappa shape index (κ2) is 9.04. The second-order valence-electron chi connectivity index (χ2n) is 4.84. The van der Waals surface area contributed by atoms with Crippen molar-refractivity contribution in [2.24, 2.45) is 0 Å². The molecule has 0 saturated carbocycles. The van der Waals surface area contributed by atoms with Gasteiger partial charge in [0, 0.05) is 6.04 Å². The zero-order valence-corrected chi connectivity index (χ0v) is 12.8. The topological polar surface area (TPSA) is 99.0 Å². The van der Waals surface area contributed by atoms with Gasteiger partial charge in [-0.2, -0.15) is 0 Å². The Morgan fingerprint density at radius 2 is 2.10 bits per heavy atom. The summed E-state index contributed by atoms with van der Waals surface area (Å²) in [6, 6.07) is 0.0894. The molecule has 1 unspecified atom stereocenters. The number of nitrogens with one attached hydrogen (secondary N) is 1. The number of carbonyl (C=O) groups is 2. The molecule has 0 spiro atoms. The van der Waals surface area contributed by atoms with Gasteiger partial charge in [0.05, 0.1) is 6.61 Å². The fourth-order valence-corrected chi connectivity index (χ4v) is 1.88. The number of nitrogens with zero attached hydrogens (tertiary/aromatic N) is 4. The number of tetrazole rings is 1. The van der Waals surface area contributed by atoms with E-state index in [1.807, 2.05) is 6.92 Å². The maximum atomic E-state index is 11.9. The third-order valence-corrected chi connectivity index (χ3v) is 2.93. The second-order valence-corrected chi connectivity index (χ2v) is 4.84. The maximum absolute atomic E-state index is 11.9. The lowest BCUT2D eigenvalue weighted by Gasteiger charge is -2.13. The first kappa shape index (κ1) is 17.1. The fourth-order valence-electron chi connectivity index (χ4n) is 1.88. The van der Waals surface area contributed by atoms with Crippen LogP contribution >= 0.6 is 0 Å². The lowest BCUT2D eigenvalue weighted by Crippen LogP contribution is -2.36. The van der Waals surface area contributed by atoms with Crippen molar-refractivity contribution in [2.75, 3.05) is 6.61 Å². The molecule has 118 valence electrons. The van der Waals surface area contributed by atoms with Crippen LogP contribution in [0.1, 0.15) is 57.1 Å². The maximum Gasteiger partial charge on any atom is 0.378 e. The van der Waals surface area contributed by atoms with Crippen molar-refractivity contribution >= 4 is 11.9 Å². The third kappa shape index (κ3) is 5.88. The van der Waals surface area contributed by atoms with Crippen molar-refractivity contribution in [3.8, 4) is 0 Å². The molecule has 21 heavy (non-hydrogen) atoms. The van der Waals surface area contributed by atoms with E-state index in [9.17, 15) is 9.59 Å². The molecule has 1 N–H and O–H groups in total. The highest BCUT2D eigenvalue weighted by Gasteiger charge is 2.19. The van der Waals surface area contributed by atoms with Crippen molar-refractivity contribution in [2.45, 2.75) is 59.0 Å². The Balaban J connectivity index is 2.48. The van der Waals surface area contributed by atoms with Crippen LogP contribution in [0, 0.1) is 0 Å². The van der Waals surface area contributed by atoms with Crippen molar-refractivity contribution in [1.29, 1.82) is 0 Å². The van der Waals surface area contributed by atoms with Gasteiger partial charge in [0.15, 0.2) is 0 Å². The van der Waals surface area contributed by atoms with Gasteiger partial charge in [0.2, 0.25) is 5.91 Å². The monoisotopic (exact) mass is 297 g/mol. The smallest absolute Gasteiger partial charge is 0.378 e. The lowest BCUT2D eigenvalue weighted by molar-refractivity contribution is -0.122. The molecule has 8 nitrogen and oxygen atoms in total. The standard InChI is InChI=1S/C13H23N5O3/c1-4-6-7-8-10(3)14-11(19)9-18-12(15-16-17-18)13(20)21-5-2/h10H,4-9H2,1-3H3,(H,14,19). The average Bonchev–Trinajstić information content (AvgIpc) is 2.87. The molecule has 0 bridgehead atoms. The van der Waals surface area contributed by atoms with E-state index in [1.165, 1.54) is 0 Å². The highest BCUT2D eigenvalue weighted by atomic mass is 16.5. The molecule has 0 aromatic carbocycles. The van der Waals surface area contributed by atoms with E-state index in [-0.39, 0.29) is 30.9 Å². The zero-order valence-electron chi connectivity index (χ0n) is 12.8. The Kier molecular flexibility index (Phi) is 7.34. The lowest BCUT2D eigenvalue weighted by atomic mass is 10.1. The number of ether oxygens (including phenoxy) is 1. The van der Waals surface area contributed by atoms with Gasteiger partial charge >= 0.3 is 5.97 Å². The van der Waals surface area contributed by atoms with Gasteiger partial charge in [0.25, 0.3) is 5.82 Å². The molecule has 0 aliphatic heterocycles. The molecule has 0 aliphatic carbocycles. The van der Waals surface area contributed by atoms with Crippen LogP contribution in [0.15, 0.2) is 0 Å². The van der Waals surface area contributed by atoms with Gasteiger partial charge in [0.1, 0.15) is 6.54 Å². The number of esters is 1. The first-order chi connectivity index (χ1) is 10.1. The van der Waals surface area contributed by atoms with Crippen LogP contribution in [-0.4, -0.2) is 44.7 Å². The molecule has 1 atom stereocenters. The highest BCUT2D eigenvalue weighted by Crippen LogP contribution is 2.03. The van der Waals surface area contributed by atoms with Crippen LogP contribution in [-0.2, 0) is 16.1 Å². The normalized spacial score (nSPS) is 12.0. The van der Waals surface area contributed by atoms with E-state index in [1.54, 1.807) is 6.92 Å². The fraction of sp³-hybridized carbons (Fsp3) is 0.769.